The second kappa shape index (κ2) is 7.85. The van der Waals surface area contributed by atoms with Crippen LogP contribution in [0.5, 0.6) is 5.75 Å². The van der Waals surface area contributed by atoms with Gasteiger partial charge in [-0.25, -0.2) is 9.37 Å². The van der Waals surface area contributed by atoms with Crippen molar-refractivity contribution in [3.05, 3.63) is 51.2 Å². The molecule has 1 saturated carbocycles. The van der Waals surface area contributed by atoms with Gasteiger partial charge in [-0.1, -0.05) is 31.4 Å². The molecule has 0 unspecified atom stereocenters. The first-order valence-corrected chi connectivity index (χ1v) is 10.1. The maximum absolute atomic E-state index is 13.4. The maximum Gasteiger partial charge on any atom is 0.298 e. The lowest BCUT2D eigenvalue weighted by atomic mass is 9.94. The minimum absolute atomic E-state index is 0.145. The zero-order chi connectivity index (χ0) is 20.5. The molecular formula is C21H25FN4O3. The summed E-state index contributed by atoms with van der Waals surface area (Å²) >= 11 is 0. The van der Waals surface area contributed by atoms with E-state index in [-0.39, 0.29) is 18.1 Å². The molecular weight excluding hydrogens is 375 g/mol. The molecule has 4 rings (SSSR count). The van der Waals surface area contributed by atoms with E-state index in [0.29, 0.717) is 30.6 Å². The number of aromatic hydroxyl groups is 1. The second-order valence-corrected chi connectivity index (χ2v) is 7.82. The Balaban J connectivity index is 1.57. The highest BCUT2D eigenvalue weighted by Gasteiger charge is 2.32. The Bertz CT molecular complexity index is 998. The molecule has 1 amide bonds. The number of aryl methyl sites for hydroxylation is 1. The Kier molecular flexibility index (Phi) is 5.25. The summed E-state index contributed by atoms with van der Waals surface area (Å²) in [5, 5.41) is 12.9. The summed E-state index contributed by atoms with van der Waals surface area (Å²) in [7, 11) is 0. The van der Waals surface area contributed by atoms with E-state index in [1.165, 1.54) is 17.1 Å². The van der Waals surface area contributed by atoms with Crippen LogP contribution in [0.2, 0.25) is 0 Å². The lowest BCUT2D eigenvalue weighted by Gasteiger charge is -2.31. The van der Waals surface area contributed by atoms with Gasteiger partial charge >= 0.3 is 0 Å². The van der Waals surface area contributed by atoms with Crippen LogP contribution in [0, 0.1) is 12.7 Å². The van der Waals surface area contributed by atoms with Gasteiger partial charge in [0.15, 0.2) is 5.69 Å². The smallest absolute Gasteiger partial charge is 0.298 e. The third-order valence-electron chi connectivity index (χ3n) is 5.85. The Labute approximate surface area is 168 Å². The lowest BCUT2D eigenvalue weighted by Crippen LogP contribution is -2.37. The highest BCUT2D eigenvalue weighted by Crippen LogP contribution is 2.29. The molecule has 7 nitrogen and oxygen atoms in total. The number of amides is 1. The summed E-state index contributed by atoms with van der Waals surface area (Å²) in [4.78, 5) is 31.7. The van der Waals surface area contributed by atoms with Crippen molar-refractivity contribution in [2.24, 2.45) is 0 Å². The van der Waals surface area contributed by atoms with Crippen molar-refractivity contribution in [2.45, 2.75) is 58.2 Å². The van der Waals surface area contributed by atoms with Gasteiger partial charge in [0, 0.05) is 25.7 Å². The van der Waals surface area contributed by atoms with Gasteiger partial charge in [0.25, 0.3) is 11.5 Å². The fourth-order valence-electron chi connectivity index (χ4n) is 4.24. The number of hydrogen-bond donors (Lipinski definition) is 2. The molecule has 1 aromatic carbocycles. The molecule has 0 atom stereocenters. The lowest BCUT2D eigenvalue weighted by molar-refractivity contribution is 0.0942. The van der Waals surface area contributed by atoms with E-state index in [9.17, 15) is 19.1 Å². The highest BCUT2D eigenvalue weighted by molar-refractivity contribution is 5.95. The molecule has 8 heteroatoms. The van der Waals surface area contributed by atoms with E-state index in [4.69, 9.17) is 0 Å². The second-order valence-electron chi connectivity index (χ2n) is 7.82. The number of nitrogens with zero attached hydrogens (tertiary/aromatic N) is 3. The van der Waals surface area contributed by atoms with Crippen molar-refractivity contribution in [3.8, 4) is 5.75 Å². The maximum atomic E-state index is 13.4. The predicted molar refractivity (Wildman–Crippen MR) is 107 cm³/mol. The van der Waals surface area contributed by atoms with Crippen molar-refractivity contribution < 1.29 is 14.3 Å². The molecule has 1 aromatic heterocycles. The third-order valence-corrected chi connectivity index (χ3v) is 5.85. The number of fused-ring (bicyclic) bond motifs is 1. The van der Waals surface area contributed by atoms with Crippen molar-refractivity contribution in [1.82, 2.24) is 14.9 Å². The van der Waals surface area contributed by atoms with E-state index in [2.05, 4.69) is 15.2 Å². The minimum atomic E-state index is -0.632. The van der Waals surface area contributed by atoms with Gasteiger partial charge in [-0.05, 0) is 37.0 Å². The zero-order valence-corrected chi connectivity index (χ0v) is 16.4. The van der Waals surface area contributed by atoms with Gasteiger partial charge in [0.2, 0.25) is 11.7 Å². The van der Waals surface area contributed by atoms with Crippen LogP contribution in [-0.2, 0) is 13.1 Å². The van der Waals surface area contributed by atoms with Crippen LogP contribution in [0.1, 0.15) is 53.7 Å². The van der Waals surface area contributed by atoms with Crippen LogP contribution >= 0.6 is 0 Å². The third kappa shape index (κ3) is 3.71. The van der Waals surface area contributed by atoms with Crippen molar-refractivity contribution in [1.29, 1.82) is 0 Å². The number of rotatable bonds is 4. The molecule has 29 heavy (non-hydrogen) atoms. The molecule has 0 spiro atoms. The number of anilines is 1. The fraction of sp³-hybridized carbons (Fsp3) is 0.476. The standard InChI is InChI=1S/C21H25FN4O3/c1-13-11-14(7-8-16(13)22)12-23-19(28)17-18(27)20(29)26-10-9-25(21(26)24-17)15-5-3-2-4-6-15/h7-8,11,15,27H,2-6,9-10,12H2,1H3,(H,23,28). The predicted octanol–water partition coefficient (Wildman–Crippen LogP) is 2.48. The quantitative estimate of drug-likeness (QED) is 0.823. The van der Waals surface area contributed by atoms with Crippen molar-refractivity contribution in [3.63, 3.8) is 0 Å². The number of carbonyl (C=O) groups excluding carboxylic acids is 1. The SMILES string of the molecule is Cc1cc(CNC(=O)c2nc3n(c(=O)c2O)CCN3C2CCCCC2)ccc1F. The number of aromatic nitrogens is 2. The van der Waals surface area contributed by atoms with Gasteiger partial charge in [0.05, 0.1) is 0 Å². The van der Waals surface area contributed by atoms with E-state index < -0.39 is 17.2 Å². The fourth-order valence-corrected chi connectivity index (χ4v) is 4.24. The largest absolute Gasteiger partial charge is 0.501 e. The van der Waals surface area contributed by atoms with Gasteiger partial charge < -0.3 is 15.3 Å². The Hall–Kier alpha value is -2.90. The Morgan fingerprint density at radius 3 is 2.76 bits per heavy atom. The summed E-state index contributed by atoms with van der Waals surface area (Å²) < 4.78 is 14.9. The summed E-state index contributed by atoms with van der Waals surface area (Å²) in [5.74, 6) is -1.11. The molecule has 2 N–H and O–H groups in total. The average molecular weight is 400 g/mol. The first kappa shape index (κ1) is 19.4. The van der Waals surface area contributed by atoms with Gasteiger partial charge in [-0.15, -0.1) is 0 Å². The van der Waals surface area contributed by atoms with Crippen molar-refractivity contribution >= 4 is 11.9 Å². The van der Waals surface area contributed by atoms with Crippen molar-refractivity contribution in [2.75, 3.05) is 11.4 Å². The molecule has 0 bridgehead atoms. The summed E-state index contributed by atoms with van der Waals surface area (Å²) in [5.41, 5.74) is 0.356. The molecule has 2 aromatic rings. The first-order chi connectivity index (χ1) is 14.0. The van der Waals surface area contributed by atoms with Gasteiger partial charge in [-0.3, -0.25) is 14.2 Å². The highest BCUT2D eigenvalue weighted by atomic mass is 19.1. The van der Waals surface area contributed by atoms with E-state index in [1.54, 1.807) is 19.1 Å². The van der Waals surface area contributed by atoms with E-state index >= 15 is 0 Å². The van der Waals surface area contributed by atoms with E-state index in [1.807, 2.05) is 0 Å². The summed E-state index contributed by atoms with van der Waals surface area (Å²) in [6, 6.07) is 4.88. The Morgan fingerprint density at radius 2 is 2.03 bits per heavy atom. The number of halogens is 1. The van der Waals surface area contributed by atoms with Crippen LogP contribution < -0.4 is 15.8 Å². The topological polar surface area (TPSA) is 87.5 Å². The average Bonchev–Trinajstić information content (AvgIpc) is 3.16. The normalized spacial score (nSPS) is 16.7. The zero-order valence-electron chi connectivity index (χ0n) is 16.4. The molecule has 1 fully saturated rings. The van der Waals surface area contributed by atoms with Crippen LogP contribution in [0.15, 0.2) is 23.0 Å². The van der Waals surface area contributed by atoms with Gasteiger partial charge in [0.1, 0.15) is 5.82 Å². The first-order valence-electron chi connectivity index (χ1n) is 10.1. The number of hydrogen-bond acceptors (Lipinski definition) is 5. The van der Waals surface area contributed by atoms with Crippen LogP contribution in [0.25, 0.3) is 0 Å². The monoisotopic (exact) mass is 400 g/mol. The van der Waals surface area contributed by atoms with Crippen LogP contribution in [0.3, 0.4) is 0 Å². The molecule has 2 heterocycles. The van der Waals surface area contributed by atoms with Gasteiger partial charge in [-0.2, -0.15) is 0 Å². The summed E-state index contributed by atoms with van der Waals surface area (Å²) in [6.45, 7) is 2.91. The summed E-state index contributed by atoms with van der Waals surface area (Å²) in [6.07, 6.45) is 5.60. The molecule has 154 valence electrons. The minimum Gasteiger partial charge on any atom is -0.501 e. The number of carbonyl (C=O) groups is 1. The molecule has 1 aliphatic carbocycles. The molecule has 2 aliphatic rings. The molecule has 0 saturated heterocycles. The van der Waals surface area contributed by atoms with Crippen LogP contribution in [0.4, 0.5) is 10.3 Å². The number of nitrogens with one attached hydrogen (secondary N) is 1. The molecule has 1 aliphatic heterocycles. The Morgan fingerprint density at radius 1 is 1.28 bits per heavy atom. The van der Waals surface area contributed by atoms with Crippen LogP contribution in [-0.4, -0.2) is 33.2 Å². The molecule has 0 radical (unpaired) electrons. The number of benzene rings is 1. The van der Waals surface area contributed by atoms with E-state index in [0.717, 1.165) is 31.2 Å².